The van der Waals surface area contributed by atoms with Crippen molar-refractivity contribution >= 4 is 36.3 Å². The Morgan fingerprint density at radius 1 is 0.879 bits per heavy atom. The van der Waals surface area contributed by atoms with Crippen molar-refractivity contribution in [3.05, 3.63) is 29.8 Å². The first-order valence-corrected chi connectivity index (χ1v) is 11.3. The number of nitrogens with one attached hydrogen (secondary N) is 3. The van der Waals surface area contributed by atoms with E-state index < -0.39 is 47.9 Å². The summed E-state index contributed by atoms with van der Waals surface area (Å²) in [7, 11) is 0. The first-order valence-electron chi connectivity index (χ1n) is 10.7. The maximum atomic E-state index is 12.8. The third kappa shape index (κ3) is 8.93. The summed E-state index contributed by atoms with van der Waals surface area (Å²) in [5.74, 6) is -3.67. The van der Waals surface area contributed by atoms with E-state index in [1.165, 1.54) is 12.1 Å². The average Bonchev–Trinajstić information content (AvgIpc) is 2.74. The number of nitrogens with two attached hydrogens (primary N) is 1. The molecule has 184 valence electrons. The van der Waals surface area contributed by atoms with Gasteiger partial charge in [-0.25, -0.2) is 4.79 Å². The number of carboxylic acids is 1. The summed E-state index contributed by atoms with van der Waals surface area (Å²) in [6.07, 6.45) is 0.200. The number of hydrogen-bond donors (Lipinski definition) is 7. The van der Waals surface area contributed by atoms with Gasteiger partial charge in [-0.05, 0) is 36.0 Å². The highest BCUT2D eigenvalue weighted by Crippen LogP contribution is 2.11. The number of phenolic OH excluding ortho intramolecular Hbond substituents is 1. The van der Waals surface area contributed by atoms with Crippen LogP contribution in [0, 0.1) is 11.8 Å². The molecule has 1 rings (SSSR count). The van der Waals surface area contributed by atoms with Crippen molar-refractivity contribution in [1.29, 1.82) is 0 Å². The van der Waals surface area contributed by atoms with Crippen molar-refractivity contribution in [2.45, 2.75) is 58.3 Å². The molecule has 0 bridgehead atoms. The molecule has 0 aliphatic carbocycles. The minimum atomic E-state index is -1.18. The van der Waals surface area contributed by atoms with Gasteiger partial charge in [0.1, 0.15) is 23.9 Å². The molecule has 0 saturated carbocycles. The van der Waals surface area contributed by atoms with E-state index in [0.29, 0.717) is 0 Å². The number of carbonyl (C=O) groups excluding carboxylic acids is 3. The van der Waals surface area contributed by atoms with Crippen molar-refractivity contribution in [1.82, 2.24) is 16.0 Å². The van der Waals surface area contributed by atoms with Crippen LogP contribution in [0.5, 0.6) is 5.75 Å². The number of benzene rings is 1. The topological polar surface area (TPSA) is 171 Å². The summed E-state index contributed by atoms with van der Waals surface area (Å²) in [6, 6.07) is 2.15. The van der Waals surface area contributed by atoms with Gasteiger partial charge in [-0.15, -0.1) is 0 Å². The summed E-state index contributed by atoms with van der Waals surface area (Å²) >= 11 is 4.09. The van der Waals surface area contributed by atoms with Gasteiger partial charge in [0, 0.05) is 5.75 Å². The van der Waals surface area contributed by atoms with Gasteiger partial charge in [0.25, 0.3) is 0 Å². The highest BCUT2D eigenvalue weighted by atomic mass is 32.1. The quantitative estimate of drug-likeness (QED) is 0.206. The zero-order valence-electron chi connectivity index (χ0n) is 19.2. The number of carbonyl (C=O) groups is 4. The molecular formula is C22H34N4O6S. The summed E-state index contributed by atoms with van der Waals surface area (Å²) < 4.78 is 0. The molecule has 4 unspecified atom stereocenters. The molecule has 7 N–H and O–H groups in total. The predicted octanol–water partition coefficient (Wildman–Crippen LogP) is 0.0428. The summed E-state index contributed by atoms with van der Waals surface area (Å²) in [6.45, 7) is 6.76. The third-order valence-electron chi connectivity index (χ3n) is 5.02. The van der Waals surface area contributed by atoms with E-state index in [4.69, 9.17) is 5.73 Å². The van der Waals surface area contributed by atoms with Crippen LogP contribution in [0.1, 0.15) is 33.3 Å². The molecule has 1 aromatic rings. The van der Waals surface area contributed by atoms with E-state index in [-0.39, 0.29) is 29.8 Å². The van der Waals surface area contributed by atoms with Gasteiger partial charge in [0.2, 0.25) is 17.7 Å². The molecule has 0 radical (unpaired) electrons. The molecule has 3 amide bonds. The Morgan fingerprint density at radius 3 is 1.85 bits per heavy atom. The Balaban J connectivity index is 2.81. The summed E-state index contributed by atoms with van der Waals surface area (Å²) in [5, 5.41) is 26.2. The maximum Gasteiger partial charge on any atom is 0.326 e. The highest BCUT2D eigenvalue weighted by Gasteiger charge is 2.31. The number of carboxylic acid groups (broad SMARTS) is 1. The lowest BCUT2D eigenvalue weighted by atomic mass is 10.0. The fourth-order valence-electron chi connectivity index (χ4n) is 3.00. The van der Waals surface area contributed by atoms with Gasteiger partial charge in [-0.3, -0.25) is 14.4 Å². The number of phenols is 1. The molecule has 0 aliphatic rings. The molecule has 10 nitrogen and oxygen atoms in total. The van der Waals surface area contributed by atoms with Crippen molar-refractivity contribution in [2.75, 3.05) is 5.75 Å². The standard InChI is InChI=1S/C22H34N4O6S/c1-11(2)17(25-19(28)15(23)9-13-5-7-14(27)8-6-13)21(30)24-16(10-33)20(29)26-18(12(3)4)22(31)32/h5-8,11-12,15-18,27,33H,9-10,23H2,1-4H3,(H,24,30)(H,25,28)(H,26,29)(H,31,32). The number of aliphatic carboxylic acids is 1. The molecule has 11 heteroatoms. The van der Waals surface area contributed by atoms with E-state index >= 15 is 0 Å². The predicted molar refractivity (Wildman–Crippen MR) is 127 cm³/mol. The van der Waals surface area contributed by atoms with Crippen molar-refractivity contribution in [3.8, 4) is 5.75 Å². The summed E-state index contributed by atoms with van der Waals surface area (Å²) in [4.78, 5) is 49.3. The van der Waals surface area contributed by atoms with Crippen LogP contribution in [0.15, 0.2) is 24.3 Å². The zero-order chi connectivity index (χ0) is 25.3. The van der Waals surface area contributed by atoms with Gasteiger partial charge < -0.3 is 31.9 Å². The molecule has 4 atom stereocenters. The number of hydrogen-bond acceptors (Lipinski definition) is 7. The number of aromatic hydroxyl groups is 1. The van der Waals surface area contributed by atoms with Crippen LogP contribution in [0.2, 0.25) is 0 Å². The molecule has 0 heterocycles. The number of amides is 3. The SMILES string of the molecule is CC(C)C(NC(=O)C(CS)NC(=O)C(NC(=O)C(N)Cc1ccc(O)cc1)C(C)C)C(=O)O. The van der Waals surface area contributed by atoms with Crippen LogP contribution in [0.4, 0.5) is 0 Å². The Hall–Kier alpha value is -2.79. The van der Waals surface area contributed by atoms with E-state index in [1.54, 1.807) is 39.8 Å². The first kappa shape index (κ1) is 28.2. The number of thiol groups is 1. The molecular weight excluding hydrogens is 448 g/mol. The monoisotopic (exact) mass is 482 g/mol. The minimum absolute atomic E-state index is 0.0683. The van der Waals surface area contributed by atoms with E-state index in [9.17, 15) is 29.4 Å². The van der Waals surface area contributed by atoms with Gasteiger partial charge in [0.15, 0.2) is 0 Å². The fraction of sp³-hybridized carbons (Fsp3) is 0.545. The van der Waals surface area contributed by atoms with Gasteiger partial charge in [-0.1, -0.05) is 39.8 Å². The van der Waals surface area contributed by atoms with Gasteiger partial charge in [0.05, 0.1) is 6.04 Å². The molecule has 0 spiro atoms. The zero-order valence-corrected chi connectivity index (χ0v) is 20.1. The highest BCUT2D eigenvalue weighted by molar-refractivity contribution is 7.80. The second-order valence-corrected chi connectivity index (χ2v) is 8.88. The molecule has 1 aromatic carbocycles. The smallest absolute Gasteiger partial charge is 0.326 e. The average molecular weight is 483 g/mol. The third-order valence-corrected chi connectivity index (χ3v) is 5.39. The van der Waals surface area contributed by atoms with Gasteiger partial charge in [-0.2, -0.15) is 12.6 Å². The molecule has 33 heavy (non-hydrogen) atoms. The molecule has 0 saturated heterocycles. The van der Waals surface area contributed by atoms with Crippen LogP contribution in [0.25, 0.3) is 0 Å². The first-order chi connectivity index (χ1) is 15.4. The Morgan fingerprint density at radius 2 is 1.39 bits per heavy atom. The Bertz CT molecular complexity index is 831. The lowest BCUT2D eigenvalue weighted by molar-refractivity contribution is -0.143. The van der Waals surface area contributed by atoms with Crippen LogP contribution >= 0.6 is 12.6 Å². The largest absolute Gasteiger partial charge is 0.508 e. The Kier molecular flexibility index (Phi) is 11.2. The van der Waals surface area contributed by atoms with Crippen LogP contribution in [-0.2, 0) is 25.6 Å². The molecule has 0 aromatic heterocycles. The van der Waals surface area contributed by atoms with Crippen molar-refractivity contribution in [2.24, 2.45) is 17.6 Å². The lowest BCUT2D eigenvalue weighted by Gasteiger charge is -2.27. The van der Waals surface area contributed by atoms with Crippen LogP contribution in [-0.4, -0.2) is 63.8 Å². The molecule has 0 aliphatic heterocycles. The maximum absolute atomic E-state index is 12.8. The van der Waals surface area contributed by atoms with Crippen molar-refractivity contribution < 1.29 is 29.4 Å². The lowest BCUT2D eigenvalue weighted by Crippen LogP contribution is -2.59. The fourth-order valence-corrected chi connectivity index (χ4v) is 3.25. The van der Waals surface area contributed by atoms with E-state index in [0.717, 1.165) is 5.56 Å². The van der Waals surface area contributed by atoms with E-state index in [2.05, 4.69) is 28.6 Å². The molecule has 0 fully saturated rings. The second-order valence-electron chi connectivity index (χ2n) is 8.52. The Labute approximate surface area is 199 Å². The van der Waals surface area contributed by atoms with Crippen LogP contribution < -0.4 is 21.7 Å². The minimum Gasteiger partial charge on any atom is -0.508 e. The normalized spacial score (nSPS) is 14.8. The number of rotatable bonds is 12. The van der Waals surface area contributed by atoms with E-state index in [1.807, 2.05) is 0 Å². The van der Waals surface area contributed by atoms with Gasteiger partial charge >= 0.3 is 5.97 Å². The van der Waals surface area contributed by atoms with Crippen molar-refractivity contribution in [3.63, 3.8) is 0 Å². The summed E-state index contributed by atoms with van der Waals surface area (Å²) in [5.41, 5.74) is 6.73. The van der Waals surface area contributed by atoms with Crippen LogP contribution in [0.3, 0.4) is 0 Å². The second kappa shape index (κ2) is 13.0.